The molecule has 0 aromatic heterocycles. The molecule has 0 saturated heterocycles. The van der Waals surface area contributed by atoms with Crippen molar-refractivity contribution in [1.29, 1.82) is 0 Å². The summed E-state index contributed by atoms with van der Waals surface area (Å²) >= 11 is 3.28. The van der Waals surface area contributed by atoms with Crippen LogP contribution in [0, 0.1) is 20.2 Å². The number of amides is 2. The van der Waals surface area contributed by atoms with Gasteiger partial charge in [0, 0.05) is 51.0 Å². The van der Waals surface area contributed by atoms with Crippen LogP contribution in [0.5, 0.6) is 5.75 Å². The molecule has 0 aliphatic rings. The van der Waals surface area contributed by atoms with Crippen LogP contribution >= 0.6 is 15.9 Å². The van der Waals surface area contributed by atoms with Crippen molar-refractivity contribution >= 4 is 51.5 Å². The third kappa shape index (κ3) is 6.54. The maximum atomic E-state index is 12.1. The van der Waals surface area contributed by atoms with Crippen LogP contribution in [0.2, 0.25) is 0 Å². The van der Waals surface area contributed by atoms with E-state index in [4.69, 9.17) is 0 Å². The molecule has 0 spiro atoms. The van der Waals surface area contributed by atoms with E-state index in [0.717, 1.165) is 0 Å². The number of hydrazone groups is 2. The predicted octanol–water partition coefficient (Wildman–Crippen LogP) is 3.50. The molecule has 2 amide bonds. The van der Waals surface area contributed by atoms with Gasteiger partial charge < -0.3 is 5.11 Å². The fourth-order valence-electron chi connectivity index (χ4n) is 2.76. The van der Waals surface area contributed by atoms with Crippen LogP contribution in [0.15, 0.2) is 75.3 Å². The molecule has 36 heavy (non-hydrogen) atoms. The Morgan fingerprint density at radius 2 is 1.14 bits per heavy atom. The summed E-state index contributed by atoms with van der Waals surface area (Å²) in [6.45, 7) is 0. The van der Waals surface area contributed by atoms with Crippen LogP contribution in [0.4, 0.5) is 11.4 Å². The maximum absolute atomic E-state index is 12.1. The maximum Gasteiger partial charge on any atom is 0.271 e. The lowest BCUT2D eigenvalue weighted by Crippen LogP contribution is -2.17. The number of nitrogens with zero attached hydrogens (tertiary/aromatic N) is 4. The Morgan fingerprint density at radius 1 is 0.778 bits per heavy atom. The first-order chi connectivity index (χ1) is 17.2. The second kappa shape index (κ2) is 11.4. The van der Waals surface area contributed by atoms with Gasteiger partial charge in [-0.15, -0.1) is 0 Å². The lowest BCUT2D eigenvalue weighted by atomic mass is 10.1. The van der Waals surface area contributed by atoms with E-state index in [-0.39, 0.29) is 39.4 Å². The molecule has 0 fully saturated rings. The van der Waals surface area contributed by atoms with Crippen LogP contribution < -0.4 is 10.9 Å². The van der Waals surface area contributed by atoms with E-state index in [1.807, 2.05) is 0 Å². The second-order valence-electron chi connectivity index (χ2n) is 6.94. The molecule has 3 rings (SSSR count). The minimum atomic E-state index is -0.619. The third-order valence-corrected chi connectivity index (χ3v) is 5.01. The van der Waals surface area contributed by atoms with Crippen molar-refractivity contribution in [3.8, 4) is 5.75 Å². The van der Waals surface area contributed by atoms with Crippen LogP contribution in [0.3, 0.4) is 0 Å². The molecular weight excluding hydrogens is 540 g/mol. The monoisotopic (exact) mass is 554 g/mol. The Bertz CT molecular complexity index is 1290. The average molecular weight is 555 g/mol. The van der Waals surface area contributed by atoms with Crippen molar-refractivity contribution in [1.82, 2.24) is 10.9 Å². The van der Waals surface area contributed by atoms with E-state index >= 15 is 0 Å². The Kier molecular flexibility index (Phi) is 8.14. The molecule has 0 aliphatic heterocycles. The normalized spacial score (nSPS) is 10.9. The van der Waals surface area contributed by atoms with Gasteiger partial charge in [0.15, 0.2) is 0 Å². The Balaban J connectivity index is 1.66. The first-order valence-electron chi connectivity index (χ1n) is 9.84. The van der Waals surface area contributed by atoms with Gasteiger partial charge in [-0.25, -0.2) is 10.9 Å². The number of nitro benzene ring substituents is 2. The number of carbonyl (C=O) groups is 2. The number of non-ortho nitro benzene ring substituents is 2. The average Bonchev–Trinajstić information content (AvgIpc) is 2.86. The van der Waals surface area contributed by atoms with Crippen LogP contribution in [0.25, 0.3) is 0 Å². The van der Waals surface area contributed by atoms with Gasteiger partial charge in [0.2, 0.25) is 0 Å². The highest BCUT2D eigenvalue weighted by atomic mass is 79.9. The summed E-state index contributed by atoms with van der Waals surface area (Å²) in [4.78, 5) is 44.5. The van der Waals surface area contributed by atoms with Gasteiger partial charge in [0.1, 0.15) is 5.75 Å². The van der Waals surface area contributed by atoms with Gasteiger partial charge in [-0.1, -0.05) is 15.9 Å². The number of hydrogen-bond acceptors (Lipinski definition) is 9. The first-order valence-corrected chi connectivity index (χ1v) is 10.6. The van der Waals surface area contributed by atoms with E-state index < -0.39 is 21.7 Å². The van der Waals surface area contributed by atoms with Gasteiger partial charge in [-0.3, -0.25) is 29.8 Å². The molecule has 0 radical (unpaired) electrons. The summed E-state index contributed by atoms with van der Waals surface area (Å²) in [5.74, 6) is -1.49. The van der Waals surface area contributed by atoms with E-state index in [2.05, 4.69) is 37.0 Å². The summed E-state index contributed by atoms with van der Waals surface area (Å²) in [5, 5.41) is 39.5. The number of rotatable bonds is 8. The molecule has 3 N–H and O–H groups in total. The molecule has 0 aliphatic carbocycles. The summed E-state index contributed by atoms with van der Waals surface area (Å²) < 4.78 is 0.534. The zero-order chi connectivity index (χ0) is 26.2. The van der Waals surface area contributed by atoms with Gasteiger partial charge >= 0.3 is 0 Å². The van der Waals surface area contributed by atoms with Crippen LogP contribution in [0.1, 0.15) is 31.8 Å². The van der Waals surface area contributed by atoms with Crippen molar-refractivity contribution < 1.29 is 24.5 Å². The minimum absolute atomic E-state index is 0.146. The number of nitro groups is 2. The van der Waals surface area contributed by atoms with E-state index in [9.17, 15) is 34.9 Å². The number of hydrogen-bond donors (Lipinski definition) is 3. The molecule has 182 valence electrons. The second-order valence-corrected chi connectivity index (χ2v) is 7.85. The van der Waals surface area contributed by atoms with Crippen molar-refractivity contribution in [3.05, 3.63) is 108 Å². The molecule has 3 aromatic carbocycles. The van der Waals surface area contributed by atoms with E-state index in [1.165, 1.54) is 73.1 Å². The number of aromatic hydroxyl groups is 1. The quantitative estimate of drug-likeness (QED) is 0.215. The summed E-state index contributed by atoms with van der Waals surface area (Å²) in [5.41, 5.74) is 4.88. The zero-order valence-electron chi connectivity index (χ0n) is 18.0. The first kappa shape index (κ1) is 25.6. The highest BCUT2D eigenvalue weighted by Crippen LogP contribution is 2.25. The van der Waals surface area contributed by atoms with Gasteiger partial charge in [0.05, 0.1) is 22.3 Å². The third-order valence-electron chi connectivity index (χ3n) is 4.55. The van der Waals surface area contributed by atoms with Crippen molar-refractivity contribution in [2.45, 2.75) is 0 Å². The molecule has 0 bridgehead atoms. The van der Waals surface area contributed by atoms with Crippen molar-refractivity contribution in [3.63, 3.8) is 0 Å². The number of carbonyl (C=O) groups excluding carboxylic acids is 2. The number of benzene rings is 3. The minimum Gasteiger partial charge on any atom is -0.507 e. The Labute approximate surface area is 210 Å². The number of phenols is 1. The lowest BCUT2D eigenvalue weighted by Gasteiger charge is -2.05. The fourth-order valence-corrected chi connectivity index (χ4v) is 3.25. The molecule has 0 unspecified atom stereocenters. The zero-order valence-corrected chi connectivity index (χ0v) is 19.6. The van der Waals surface area contributed by atoms with Crippen LogP contribution in [-0.4, -0.2) is 39.2 Å². The summed E-state index contributed by atoms with van der Waals surface area (Å²) in [6, 6.07) is 12.9. The summed E-state index contributed by atoms with van der Waals surface area (Å²) in [7, 11) is 0. The largest absolute Gasteiger partial charge is 0.507 e. The highest BCUT2D eigenvalue weighted by Gasteiger charge is 2.11. The Hall–Kier alpha value is -4.98. The molecule has 0 saturated carbocycles. The van der Waals surface area contributed by atoms with E-state index in [0.29, 0.717) is 4.47 Å². The topological polar surface area (TPSA) is 189 Å². The molecule has 0 atom stereocenters. The predicted molar refractivity (Wildman–Crippen MR) is 132 cm³/mol. The fraction of sp³-hybridized carbons (Fsp3) is 0. The van der Waals surface area contributed by atoms with Crippen LogP contribution in [-0.2, 0) is 0 Å². The number of phenolic OH excluding ortho intramolecular Hbond substituents is 1. The van der Waals surface area contributed by atoms with Crippen molar-refractivity contribution in [2.24, 2.45) is 10.2 Å². The van der Waals surface area contributed by atoms with Crippen molar-refractivity contribution in [2.75, 3.05) is 0 Å². The molecule has 0 heterocycles. The molecule has 14 heteroatoms. The molecule has 13 nitrogen and oxygen atoms in total. The molecular formula is C22H15BrN6O7. The number of halogens is 1. The van der Waals surface area contributed by atoms with Gasteiger partial charge in [0.25, 0.3) is 23.2 Å². The Morgan fingerprint density at radius 3 is 1.47 bits per heavy atom. The van der Waals surface area contributed by atoms with Gasteiger partial charge in [-0.05, 0) is 36.4 Å². The standard InChI is InChI=1S/C22H15BrN6O7/c23-17-9-15(11-24-26-21(31)13-1-5-18(6-2-13)28(33)34)20(30)16(10-17)12-25-27-22(32)14-3-7-19(8-4-14)29(35)36/h1-12,30H,(H,26,31)(H,27,32)/b24-11-,25-12+. The van der Waals surface area contributed by atoms with E-state index in [1.54, 1.807) is 0 Å². The smallest absolute Gasteiger partial charge is 0.271 e. The SMILES string of the molecule is O=C(N/N=C\c1cc(Br)cc(/C=N/NC(=O)c2ccc([N+](=O)[O-])cc2)c1O)c1ccc([N+](=O)[O-])cc1. The highest BCUT2D eigenvalue weighted by molar-refractivity contribution is 9.10. The molecule has 3 aromatic rings. The lowest BCUT2D eigenvalue weighted by molar-refractivity contribution is -0.385. The van der Waals surface area contributed by atoms with Gasteiger partial charge in [-0.2, -0.15) is 10.2 Å². The number of nitrogens with one attached hydrogen (secondary N) is 2. The summed E-state index contributed by atoms with van der Waals surface area (Å²) in [6.07, 6.45) is 2.35.